The van der Waals surface area contributed by atoms with Crippen LogP contribution in [0.15, 0.2) is 54.7 Å². The fraction of sp³-hybridized carbons (Fsp3) is 0.280. The zero-order chi connectivity index (χ0) is 24.3. The van der Waals surface area contributed by atoms with Crippen molar-refractivity contribution in [3.8, 4) is 17.2 Å². The number of hydrogen-bond acceptors (Lipinski definition) is 7. The maximum Gasteiger partial charge on any atom is 0.279 e. The fourth-order valence-corrected chi connectivity index (χ4v) is 5.42. The molecule has 4 N–H and O–H groups in total. The van der Waals surface area contributed by atoms with Crippen LogP contribution in [0.5, 0.6) is 11.5 Å². The Hall–Kier alpha value is -4.02. The van der Waals surface area contributed by atoms with Gasteiger partial charge < -0.3 is 18.9 Å². The molecule has 2 amide bonds. The van der Waals surface area contributed by atoms with E-state index < -0.39 is 5.54 Å². The number of rotatable bonds is 2. The van der Waals surface area contributed by atoms with Gasteiger partial charge in [0.15, 0.2) is 6.61 Å². The van der Waals surface area contributed by atoms with Gasteiger partial charge in [0.1, 0.15) is 17.2 Å². The molecule has 0 unspecified atom stereocenters. The summed E-state index contributed by atoms with van der Waals surface area (Å²) in [5, 5.41) is 2.90. The van der Waals surface area contributed by atoms with E-state index in [1.165, 1.54) is 0 Å². The lowest BCUT2D eigenvalue weighted by atomic mass is 9.81. The number of carbonyl (C=O) groups excluding carboxylic acids is 2. The summed E-state index contributed by atoms with van der Waals surface area (Å²) in [4.78, 5) is 26.9. The largest absolute Gasteiger partial charge is 0.497 e. The molecular weight excluding hydrogens is 448 g/mol. The summed E-state index contributed by atoms with van der Waals surface area (Å²) >= 11 is 0. The molecule has 3 aliphatic rings. The van der Waals surface area contributed by atoms with Crippen molar-refractivity contribution >= 4 is 23.2 Å². The molecule has 6 rings (SSSR count). The predicted molar refractivity (Wildman–Crippen MR) is 129 cm³/mol. The van der Waals surface area contributed by atoms with Crippen LogP contribution in [0.25, 0.3) is 5.69 Å². The van der Waals surface area contributed by atoms with Crippen molar-refractivity contribution in [1.29, 1.82) is 0 Å². The van der Waals surface area contributed by atoms with Gasteiger partial charge in [0.2, 0.25) is 0 Å². The molecule has 3 aromatic rings. The molecule has 1 saturated heterocycles. The topological polar surface area (TPSA) is 119 Å². The Labute approximate surface area is 202 Å². The minimum Gasteiger partial charge on any atom is -0.497 e. The first kappa shape index (κ1) is 21.5. The smallest absolute Gasteiger partial charge is 0.279 e. The number of hydrogen-bond donors (Lipinski definition) is 2. The van der Waals surface area contributed by atoms with Crippen LogP contribution < -0.4 is 31.2 Å². The number of nitrogens with zero attached hydrogens (tertiary/aromatic N) is 4. The van der Waals surface area contributed by atoms with Gasteiger partial charge in [-0.1, -0.05) is 0 Å². The third-order valence-corrected chi connectivity index (χ3v) is 7.35. The number of amides is 2. The number of piperidine rings is 1. The van der Waals surface area contributed by atoms with Crippen molar-refractivity contribution in [2.75, 3.05) is 36.8 Å². The minimum absolute atomic E-state index is 0.0939. The van der Waals surface area contributed by atoms with E-state index in [0.29, 0.717) is 42.9 Å². The number of fused-ring (bicyclic) bond motifs is 5. The standard InChI is InChI=1S/C25H26N6O4/c1-34-17-5-7-18-20(14-17)31(27)25(22-3-2-10-29(18)22)8-11-28(12-9-25)24(33)16-4-6-19-21(13-16)35-15-23(32)30(19)26/h2-7,10,13-14H,8-9,11-12,15,26-27H2,1H3. The summed E-state index contributed by atoms with van der Waals surface area (Å²) in [6.07, 6.45) is 3.39. The number of carbonyl (C=O) groups is 2. The van der Waals surface area contributed by atoms with Crippen LogP contribution in [-0.4, -0.2) is 48.1 Å². The number of ether oxygens (including phenoxy) is 2. The molecule has 2 aromatic carbocycles. The van der Waals surface area contributed by atoms with Crippen molar-refractivity contribution in [1.82, 2.24) is 9.47 Å². The number of methoxy groups -OCH3 is 1. The average molecular weight is 475 g/mol. The van der Waals surface area contributed by atoms with Crippen molar-refractivity contribution in [3.63, 3.8) is 0 Å². The van der Waals surface area contributed by atoms with Gasteiger partial charge in [0.05, 0.1) is 29.7 Å². The van der Waals surface area contributed by atoms with E-state index >= 15 is 0 Å². The van der Waals surface area contributed by atoms with Crippen LogP contribution in [0.2, 0.25) is 0 Å². The lowest BCUT2D eigenvalue weighted by molar-refractivity contribution is -0.121. The molecule has 0 saturated carbocycles. The molecule has 0 bridgehead atoms. The first-order chi connectivity index (χ1) is 16.9. The summed E-state index contributed by atoms with van der Waals surface area (Å²) < 4.78 is 13.1. The van der Waals surface area contributed by atoms with Crippen LogP contribution in [0.4, 0.5) is 11.4 Å². The molecule has 0 aliphatic carbocycles. The summed E-state index contributed by atoms with van der Waals surface area (Å²) in [6, 6.07) is 15.0. The molecular formula is C25H26N6O4. The third kappa shape index (κ3) is 3.10. The van der Waals surface area contributed by atoms with Gasteiger partial charge in [0.25, 0.3) is 11.8 Å². The Balaban J connectivity index is 1.26. The average Bonchev–Trinajstić information content (AvgIpc) is 3.40. The highest BCUT2D eigenvalue weighted by Gasteiger charge is 2.47. The van der Waals surface area contributed by atoms with E-state index in [4.69, 9.17) is 21.2 Å². The number of benzene rings is 2. The molecule has 1 aromatic heterocycles. The second kappa shape index (κ2) is 7.76. The predicted octanol–water partition coefficient (Wildman–Crippen LogP) is 1.91. The highest BCUT2D eigenvalue weighted by Crippen LogP contribution is 2.47. The molecule has 4 heterocycles. The Morgan fingerprint density at radius 3 is 2.57 bits per heavy atom. The number of nitrogens with two attached hydrogens (primary N) is 2. The minimum atomic E-state index is -0.445. The zero-order valence-electron chi connectivity index (χ0n) is 19.3. The van der Waals surface area contributed by atoms with E-state index in [9.17, 15) is 9.59 Å². The number of hydrazine groups is 2. The monoisotopic (exact) mass is 474 g/mol. The van der Waals surface area contributed by atoms with Gasteiger partial charge in [-0.15, -0.1) is 0 Å². The first-order valence-electron chi connectivity index (χ1n) is 11.5. The Kier molecular flexibility index (Phi) is 4.77. The first-order valence-corrected chi connectivity index (χ1v) is 11.5. The normalized spacial score (nSPS) is 18.0. The second-order valence-electron chi connectivity index (χ2n) is 9.05. The maximum absolute atomic E-state index is 13.4. The lowest BCUT2D eigenvalue weighted by Gasteiger charge is -2.51. The Morgan fingerprint density at radius 1 is 1.03 bits per heavy atom. The molecule has 10 heteroatoms. The summed E-state index contributed by atoms with van der Waals surface area (Å²) in [5.74, 6) is 13.3. The van der Waals surface area contributed by atoms with Crippen LogP contribution in [-0.2, 0) is 10.3 Å². The molecule has 180 valence electrons. The van der Waals surface area contributed by atoms with Crippen LogP contribution in [0.1, 0.15) is 28.9 Å². The van der Waals surface area contributed by atoms with E-state index in [1.54, 1.807) is 25.3 Å². The Bertz CT molecular complexity index is 1340. The number of likely N-dealkylation sites (tertiary alicyclic amines) is 1. The SMILES string of the molecule is COc1ccc2c(c1)N(N)C1(CCN(C(=O)c3ccc4c(c3)OCC(=O)N4N)CC1)c1cccn1-2. The number of anilines is 2. The van der Waals surface area contributed by atoms with Gasteiger partial charge in [-0.25, -0.2) is 16.7 Å². The summed E-state index contributed by atoms with van der Waals surface area (Å²) in [5.41, 5.74) is 3.50. The van der Waals surface area contributed by atoms with Crippen molar-refractivity contribution in [2.24, 2.45) is 11.7 Å². The van der Waals surface area contributed by atoms with Crippen LogP contribution >= 0.6 is 0 Å². The molecule has 1 fully saturated rings. The van der Waals surface area contributed by atoms with Crippen molar-refractivity contribution in [3.05, 3.63) is 66.0 Å². The molecule has 0 radical (unpaired) electrons. The zero-order valence-corrected chi connectivity index (χ0v) is 19.3. The highest BCUT2D eigenvalue weighted by molar-refractivity contribution is 5.99. The van der Waals surface area contributed by atoms with Crippen molar-refractivity contribution in [2.45, 2.75) is 18.4 Å². The fourth-order valence-electron chi connectivity index (χ4n) is 5.42. The maximum atomic E-state index is 13.4. The van der Waals surface area contributed by atoms with E-state index in [0.717, 1.165) is 27.8 Å². The van der Waals surface area contributed by atoms with Gasteiger partial charge in [-0.3, -0.25) is 14.6 Å². The van der Waals surface area contributed by atoms with Gasteiger partial charge >= 0.3 is 0 Å². The van der Waals surface area contributed by atoms with E-state index in [2.05, 4.69) is 10.6 Å². The van der Waals surface area contributed by atoms with Crippen LogP contribution in [0.3, 0.4) is 0 Å². The summed E-state index contributed by atoms with van der Waals surface area (Å²) in [7, 11) is 1.64. The Morgan fingerprint density at radius 2 is 1.80 bits per heavy atom. The van der Waals surface area contributed by atoms with E-state index in [1.807, 2.05) is 40.4 Å². The van der Waals surface area contributed by atoms with Crippen LogP contribution in [0, 0.1) is 0 Å². The quantitative estimate of drug-likeness (QED) is 0.430. The molecule has 0 atom stereocenters. The lowest BCUT2D eigenvalue weighted by Crippen LogP contribution is -2.59. The van der Waals surface area contributed by atoms with Gasteiger partial charge in [-0.05, 0) is 55.3 Å². The second-order valence-corrected chi connectivity index (χ2v) is 9.05. The summed E-state index contributed by atoms with van der Waals surface area (Å²) in [6.45, 7) is 0.929. The molecule has 3 aliphatic heterocycles. The molecule has 35 heavy (non-hydrogen) atoms. The molecule has 1 spiro atoms. The number of aromatic nitrogens is 1. The van der Waals surface area contributed by atoms with Crippen molar-refractivity contribution < 1.29 is 19.1 Å². The van der Waals surface area contributed by atoms with E-state index in [-0.39, 0.29) is 18.4 Å². The molecule has 10 nitrogen and oxygen atoms in total. The van der Waals surface area contributed by atoms with Gasteiger partial charge in [0, 0.05) is 30.9 Å². The third-order valence-electron chi connectivity index (χ3n) is 7.35. The van der Waals surface area contributed by atoms with Gasteiger partial charge in [-0.2, -0.15) is 0 Å². The highest BCUT2D eigenvalue weighted by atomic mass is 16.5.